The van der Waals surface area contributed by atoms with Crippen LogP contribution in [0.2, 0.25) is 0 Å². The SMILES string of the molecule is CCOC(=O)/C(C)=C/[C@H](C)C[C@H](C)C[C@H](C)OC1CCCCO1. The number of allylic oxidation sites excluding steroid dienone is 1. The van der Waals surface area contributed by atoms with Gasteiger partial charge in [0.1, 0.15) is 0 Å². The molecule has 0 bridgehead atoms. The molecule has 1 rings (SSSR count). The van der Waals surface area contributed by atoms with Crippen LogP contribution in [0.25, 0.3) is 0 Å². The highest BCUT2D eigenvalue weighted by atomic mass is 16.7. The Labute approximate surface area is 141 Å². The van der Waals surface area contributed by atoms with Crippen LogP contribution in [-0.4, -0.2) is 31.6 Å². The molecule has 1 heterocycles. The lowest BCUT2D eigenvalue weighted by Gasteiger charge is -2.27. The van der Waals surface area contributed by atoms with Crippen LogP contribution in [0.15, 0.2) is 11.6 Å². The van der Waals surface area contributed by atoms with Crippen LogP contribution in [0.5, 0.6) is 0 Å². The highest BCUT2D eigenvalue weighted by Gasteiger charge is 2.19. The third-order valence-electron chi connectivity index (χ3n) is 4.16. The van der Waals surface area contributed by atoms with Crippen molar-refractivity contribution in [1.82, 2.24) is 0 Å². The third-order valence-corrected chi connectivity index (χ3v) is 4.16. The van der Waals surface area contributed by atoms with E-state index in [1.165, 1.54) is 6.42 Å². The van der Waals surface area contributed by atoms with Gasteiger partial charge in [0.05, 0.1) is 12.7 Å². The first-order valence-corrected chi connectivity index (χ1v) is 9.05. The van der Waals surface area contributed by atoms with Crippen molar-refractivity contribution in [2.24, 2.45) is 11.8 Å². The number of carbonyl (C=O) groups excluding carboxylic acids is 1. The number of hydrogen-bond donors (Lipinski definition) is 0. The molecule has 4 heteroatoms. The molecule has 4 nitrogen and oxygen atoms in total. The van der Waals surface area contributed by atoms with Crippen LogP contribution in [-0.2, 0) is 19.0 Å². The molecule has 0 spiro atoms. The molecule has 0 N–H and O–H groups in total. The van der Waals surface area contributed by atoms with E-state index in [-0.39, 0.29) is 18.4 Å². The largest absolute Gasteiger partial charge is 0.463 e. The maximum Gasteiger partial charge on any atom is 0.333 e. The molecule has 0 aliphatic carbocycles. The number of hydrogen-bond acceptors (Lipinski definition) is 4. The summed E-state index contributed by atoms with van der Waals surface area (Å²) in [6.07, 6.45) is 7.61. The van der Waals surface area contributed by atoms with Gasteiger partial charge in [0.25, 0.3) is 0 Å². The minimum Gasteiger partial charge on any atom is -0.463 e. The average molecular weight is 326 g/mol. The van der Waals surface area contributed by atoms with Crippen LogP contribution in [0.4, 0.5) is 0 Å². The summed E-state index contributed by atoms with van der Waals surface area (Å²) < 4.78 is 16.6. The van der Waals surface area contributed by atoms with Crippen LogP contribution in [0.1, 0.15) is 66.7 Å². The molecular formula is C19H34O4. The van der Waals surface area contributed by atoms with Crippen LogP contribution < -0.4 is 0 Å². The Kier molecular flexibility index (Phi) is 9.49. The number of rotatable bonds is 9. The Bertz CT molecular complexity index is 372. The van der Waals surface area contributed by atoms with Crippen molar-refractivity contribution < 1.29 is 19.0 Å². The van der Waals surface area contributed by atoms with Crippen LogP contribution in [0.3, 0.4) is 0 Å². The summed E-state index contributed by atoms with van der Waals surface area (Å²) in [5.74, 6) is 0.681. The molecule has 23 heavy (non-hydrogen) atoms. The zero-order valence-corrected chi connectivity index (χ0v) is 15.5. The van der Waals surface area contributed by atoms with Crippen molar-refractivity contribution in [3.05, 3.63) is 11.6 Å². The first-order valence-electron chi connectivity index (χ1n) is 9.05. The zero-order chi connectivity index (χ0) is 17.2. The topological polar surface area (TPSA) is 44.8 Å². The Morgan fingerprint density at radius 2 is 2.00 bits per heavy atom. The maximum absolute atomic E-state index is 11.6. The number of esters is 1. The molecule has 4 atom stereocenters. The molecular weight excluding hydrogens is 292 g/mol. The van der Waals surface area contributed by atoms with E-state index >= 15 is 0 Å². The van der Waals surface area contributed by atoms with Crippen molar-refractivity contribution in [2.45, 2.75) is 79.1 Å². The summed E-state index contributed by atoms with van der Waals surface area (Å²) in [5, 5.41) is 0. The third kappa shape index (κ3) is 8.52. The lowest BCUT2D eigenvalue weighted by Crippen LogP contribution is -2.27. The lowest BCUT2D eigenvalue weighted by atomic mass is 9.92. The second-order valence-electron chi connectivity index (χ2n) is 6.87. The summed E-state index contributed by atoms with van der Waals surface area (Å²) in [6, 6.07) is 0. The molecule has 0 amide bonds. The second kappa shape index (κ2) is 10.8. The van der Waals surface area contributed by atoms with Gasteiger partial charge >= 0.3 is 5.97 Å². The standard InChI is InChI=1S/C19H34O4/c1-6-21-19(20)16(4)12-14(2)11-15(3)13-17(5)23-18-9-7-8-10-22-18/h12,14-15,17-18H,6-11,13H2,1-5H3/b16-12+/t14-,15+,17+,18?/m1/s1. The van der Waals surface area contributed by atoms with Crippen LogP contribution in [0, 0.1) is 11.8 Å². The predicted molar refractivity (Wildman–Crippen MR) is 92.1 cm³/mol. The van der Waals surface area contributed by atoms with Gasteiger partial charge in [-0.15, -0.1) is 0 Å². The molecule has 1 aliphatic rings. The van der Waals surface area contributed by atoms with Crippen molar-refractivity contribution in [2.75, 3.05) is 13.2 Å². The maximum atomic E-state index is 11.6. The molecule has 1 aliphatic heterocycles. The molecule has 0 saturated carbocycles. The molecule has 1 saturated heterocycles. The van der Waals surface area contributed by atoms with E-state index in [0.29, 0.717) is 24.0 Å². The Morgan fingerprint density at radius 1 is 1.26 bits per heavy atom. The minimum atomic E-state index is -0.210. The van der Waals surface area contributed by atoms with Crippen molar-refractivity contribution >= 4 is 5.97 Å². The molecule has 1 fully saturated rings. The minimum absolute atomic E-state index is 0.0191. The monoisotopic (exact) mass is 326 g/mol. The molecule has 0 aromatic heterocycles. The number of ether oxygens (including phenoxy) is 3. The fourth-order valence-electron chi connectivity index (χ4n) is 3.24. The van der Waals surface area contributed by atoms with Gasteiger partial charge in [0.2, 0.25) is 0 Å². The zero-order valence-electron chi connectivity index (χ0n) is 15.5. The fraction of sp³-hybridized carbons (Fsp3) is 0.842. The first kappa shape index (κ1) is 20.2. The van der Waals surface area contributed by atoms with E-state index in [2.05, 4.69) is 20.8 Å². The molecule has 0 aromatic rings. The normalized spacial score (nSPS) is 23.2. The molecule has 1 unspecified atom stereocenters. The second-order valence-corrected chi connectivity index (χ2v) is 6.87. The van der Waals surface area contributed by atoms with Gasteiger partial charge in [-0.3, -0.25) is 0 Å². The van der Waals surface area contributed by atoms with E-state index in [4.69, 9.17) is 14.2 Å². The Hall–Kier alpha value is -0.870. The van der Waals surface area contributed by atoms with Gasteiger partial charge in [0.15, 0.2) is 6.29 Å². The van der Waals surface area contributed by atoms with Gasteiger partial charge in [-0.25, -0.2) is 4.79 Å². The van der Waals surface area contributed by atoms with Crippen molar-refractivity contribution in [1.29, 1.82) is 0 Å². The van der Waals surface area contributed by atoms with E-state index in [1.807, 2.05) is 19.9 Å². The summed E-state index contributed by atoms with van der Waals surface area (Å²) >= 11 is 0. The van der Waals surface area contributed by atoms with Gasteiger partial charge in [-0.1, -0.05) is 19.9 Å². The Morgan fingerprint density at radius 3 is 2.61 bits per heavy atom. The fourth-order valence-corrected chi connectivity index (χ4v) is 3.24. The summed E-state index contributed by atoms with van der Waals surface area (Å²) in [4.78, 5) is 11.6. The summed E-state index contributed by atoms with van der Waals surface area (Å²) in [6.45, 7) is 11.4. The summed E-state index contributed by atoms with van der Waals surface area (Å²) in [7, 11) is 0. The summed E-state index contributed by atoms with van der Waals surface area (Å²) in [5.41, 5.74) is 0.700. The highest BCUT2D eigenvalue weighted by molar-refractivity contribution is 5.87. The van der Waals surface area contributed by atoms with E-state index in [0.717, 1.165) is 32.3 Å². The van der Waals surface area contributed by atoms with Gasteiger partial charge in [0, 0.05) is 12.2 Å². The molecule has 134 valence electrons. The number of carbonyl (C=O) groups is 1. The molecule has 0 aromatic carbocycles. The quantitative estimate of drug-likeness (QED) is 0.463. The Balaban J connectivity index is 2.32. The first-order chi connectivity index (χ1) is 10.9. The lowest BCUT2D eigenvalue weighted by molar-refractivity contribution is -0.187. The van der Waals surface area contributed by atoms with Crippen LogP contribution >= 0.6 is 0 Å². The van der Waals surface area contributed by atoms with Gasteiger partial charge < -0.3 is 14.2 Å². The van der Waals surface area contributed by atoms with E-state index in [9.17, 15) is 4.79 Å². The predicted octanol–water partition coefficient (Wildman–Crippen LogP) is 4.48. The van der Waals surface area contributed by atoms with E-state index in [1.54, 1.807) is 0 Å². The van der Waals surface area contributed by atoms with Crippen molar-refractivity contribution in [3.63, 3.8) is 0 Å². The van der Waals surface area contributed by atoms with Gasteiger partial charge in [-0.05, 0) is 64.7 Å². The van der Waals surface area contributed by atoms with Gasteiger partial charge in [-0.2, -0.15) is 0 Å². The highest BCUT2D eigenvalue weighted by Crippen LogP contribution is 2.23. The molecule has 0 radical (unpaired) electrons. The smallest absolute Gasteiger partial charge is 0.333 e. The average Bonchev–Trinajstić information content (AvgIpc) is 2.47. The van der Waals surface area contributed by atoms with Crippen molar-refractivity contribution in [3.8, 4) is 0 Å². The van der Waals surface area contributed by atoms with E-state index < -0.39 is 0 Å².